The highest BCUT2D eigenvalue weighted by atomic mass is 32.2. The molecule has 1 heterocycles. The van der Waals surface area contributed by atoms with Crippen molar-refractivity contribution in [3.8, 4) is 0 Å². The third-order valence-electron chi connectivity index (χ3n) is 3.92. The molecule has 0 aliphatic heterocycles. The Labute approximate surface area is 121 Å². The number of nitrogens with two attached hydrogens (primary N) is 1. The third-order valence-corrected chi connectivity index (χ3v) is 5.41. The number of rotatable bonds is 5. The van der Waals surface area contributed by atoms with Crippen LogP contribution in [0.4, 0.5) is 5.69 Å². The predicted octanol–water partition coefficient (Wildman–Crippen LogP) is 2.30. The van der Waals surface area contributed by atoms with Crippen molar-refractivity contribution in [2.75, 3.05) is 5.73 Å². The molecule has 0 radical (unpaired) electrons. The number of aromatic nitrogens is 1. The molecule has 1 aromatic heterocycles. The molecule has 2 rings (SSSR count). The first-order valence-corrected chi connectivity index (χ1v) is 8.74. The molecule has 0 bridgehead atoms. The van der Waals surface area contributed by atoms with Crippen LogP contribution < -0.4 is 10.5 Å². The second-order valence-corrected chi connectivity index (χ2v) is 7.15. The van der Waals surface area contributed by atoms with Crippen LogP contribution >= 0.6 is 0 Å². The van der Waals surface area contributed by atoms with Crippen LogP contribution in [0.25, 0.3) is 0 Å². The van der Waals surface area contributed by atoms with Gasteiger partial charge in [-0.25, -0.2) is 18.1 Å². The van der Waals surface area contributed by atoms with Gasteiger partial charge in [-0.15, -0.1) is 0 Å². The van der Waals surface area contributed by atoms with Crippen LogP contribution in [0.3, 0.4) is 0 Å². The zero-order valence-electron chi connectivity index (χ0n) is 11.9. The van der Waals surface area contributed by atoms with Crippen molar-refractivity contribution in [2.24, 2.45) is 5.92 Å². The van der Waals surface area contributed by atoms with Crippen molar-refractivity contribution in [3.63, 3.8) is 0 Å². The molecule has 1 aromatic rings. The first-order chi connectivity index (χ1) is 9.53. The van der Waals surface area contributed by atoms with Gasteiger partial charge in [0.25, 0.3) is 10.0 Å². The van der Waals surface area contributed by atoms with Crippen LogP contribution in [0.1, 0.15) is 45.4 Å². The molecule has 5 nitrogen and oxygen atoms in total. The second kappa shape index (κ2) is 6.54. The van der Waals surface area contributed by atoms with E-state index >= 15 is 0 Å². The number of hydrogen-bond acceptors (Lipinski definition) is 4. The lowest BCUT2D eigenvalue weighted by Gasteiger charge is -2.28. The predicted molar refractivity (Wildman–Crippen MR) is 79.6 cm³/mol. The maximum Gasteiger partial charge on any atom is 0.260 e. The number of nitrogen functional groups attached to an aromatic ring is 1. The minimum absolute atomic E-state index is 0.00881. The van der Waals surface area contributed by atoms with Crippen molar-refractivity contribution < 1.29 is 8.42 Å². The highest BCUT2D eigenvalue weighted by Gasteiger charge is 2.27. The summed E-state index contributed by atoms with van der Waals surface area (Å²) in [6, 6.07) is 3.19. The van der Waals surface area contributed by atoms with Crippen LogP contribution in [-0.4, -0.2) is 19.4 Å². The van der Waals surface area contributed by atoms with Gasteiger partial charge in [-0.2, -0.15) is 0 Å². The summed E-state index contributed by atoms with van der Waals surface area (Å²) in [5.41, 5.74) is 5.89. The SMILES string of the molecule is CCCC1CCC(NS(=O)(=O)c2ncccc2N)CC1. The minimum Gasteiger partial charge on any atom is -0.396 e. The summed E-state index contributed by atoms with van der Waals surface area (Å²) in [6.07, 6.45) is 7.88. The van der Waals surface area contributed by atoms with E-state index in [9.17, 15) is 8.42 Å². The summed E-state index contributed by atoms with van der Waals surface area (Å²) in [6.45, 7) is 2.19. The Morgan fingerprint density at radius 1 is 1.35 bits per heavy atom. The van der Waals surface area contributed by atoms with Crippen LogP contribution in [0, 0.1) is 5.92 Å². The van der Waals surface area contributed by atoms with Gasteiger partial charge in [-0.3, -0.25) is 0 Å². The molecule has 1 aliphatic rings. The lowest BCUT2D eigenvalue weighted by atomic mass is 9.84. The molecule has 0 unspecified atom stereocenters. The van der Waals surface area contributed by atoms with E-state index in [1.165, 1.54) is 19.0 Å². The summed E-state index contributed by atoms with van der Waals surface area (Å²) < 4.78 is 27.3. The van der Waals surface area contributed by atoms with E-state index in [-0.39, 0.29) is 16.8 Å². The van der Waals surface area contributed by atoms with E-state index in [2.05, 4.69) is 16.6 Å². The van der Waals surface area contributed by atoms with Gasteiger partial charge in [0, 0.05) is 12.2 Å². The number of hydrogen-bond donors (Lipinski definition) is 2. The quantitative estimate of drug-likeness (QED) is 0.873. The number of sulfonamides is 1. The Morgan fingerprint density at radius 3 is 2.65 bits per heavy atom. The van der Waals surface area contributed by atoms with Gasteiger partial charge < -0.3 is 5.73 Å². The van der Waals surface area contributed by atoms with E-state index in [1.807, 2.05) is 0 Å². The molecule has 1 saturated carbocycles. The minimum atomic E-state index is -3.61. The molecule has 6 heteroatoms. The van der Waals surface area contributed by atoms with Gasteiger partial charge in [-0.1, -0.05) is 19.8 Å². The van der Waals surface area contributed by atoms with Crippen LogP contribution in [-0.2, 0) is 10.0 Å². The fourth-order valence-electron chi connectivity index (χ4n) is 2.88. The highest BCUT2D eigenvalue weighted by molar-refractivity contribution is 7.89. The smallest absolute Gasteiger partial charge is 0.260 e. The summed E-state index contributed by atoms with van der Waals surface area (Å²) in [5, 5.41) is -0.0596. The van der Waals surface area contributed by atoms with E-state index in [0.717, 1.165) is 31.6 Å². The molecule has 0 atom stereocenters. The molecule has 1 fully saturated rings. The first kappa shape index (κ1) is 15.3. The third kappa shape index (κ3) is 3.70. The standard InChI is InChI=1S/C14H23N3O2S/c1-2-4-11-6-8-12(9-7-11)17-20(18,19)14-13(15)5-3-10-16-14/h3,5,10-12,17H,2,4,6-9,15H2,1H3. The average Bonchev–Trinajstić information content (AvgIpc) is 2.41. The van der Waals surface area contributed by atoms with Gasteiger partial charge in [0.2, 0.25) is 0 Å². The van der Waals surface area contributed by atoms with Gasteiger partial charge in [0.15, 0.2) is 5.03 Å². The zero-order valence-corrected chi connectivity index (χ0v) is 12.7. The van der Waals surface area contributed by atoms with E-state index in [4.69, 9.17) is 5.73 Å². The number of nitrogens with zero attached hydrogens (tertiary/aromatic N) is 1. The second-order valence-electron chi connectivity index (χ2n) is 5.53. The summed E-state index contributed by atoms with van der Waals surface area (Å²) in [5.74, 6) is 0.751. The van der Waals surface area contributed by atoms with Gasteiger partial charge in [0.05, 0.1) is 5.69 Å². The largest absolute Gasteiger partial charge is 0.396 e. The van der Waals surface area contributed by atoms with Crippen molar-refractivity contribution in [1.82, 2.24) is 9.71 Å². The maximum atomic E-state index is 12.3. The van der Waals surface area contributed by atoms with E-state index in [1.54, 1.807) is 12.1 Å². The Balaban J connectivity index is 1.99. The molecule has 0 amide bonds. The number of pyridine rings is 1. The zero-order chi connectivity index (χ0) is 14.6. The molecular formula is C14H23N3O2S. The van der Waals surface area contributed by atoms with Gasteiger partial charge >= 0.3 is 0 Å². The number of nitrogens with one attached hydrogen (secondary N) is 1. The Bertz CT molecular complexity index is 537. The van der Waals surface area contributed by atoms with E-state index < -0.39 is 10.0 Å². The summed E-state index contributed by atoms with van der Waals surface area (Å²) in [7, 11) is -3.61. The first-order valence-electron chi connectivity index (χ1n) is 7.25. The van der Waals surface area contributed by atoms with E-state index in [0.29, 0.717) is 0 Å². The fourth-order valence-corrected chi connectivity index (χ4v) is 4.24. The molecule has 0 aromatic carbocycles. The van der Waals surface area contributed by atoms with Crippen LogP contribution in [0.15, 0.2) is 23.4 Å². The summed E-state index contributed by atoms with van der Waals surface area (Å²) in [4.78, 5) is 3.88. The molecule has 0 spiro atoms. The molecule has 0 saturated heterocycles. The van der Waals surface area contributed by atoms with Gasteiger partial charge in [0.1, 0.15) is 0 Å². The van der Waals surface area contributed by atoms with Crippen molar-refractivity contribution in [3.05, 3.63) is 18.3 Å². The lowest BCUT2D eigenvalue weighted by Crippen LogP contribution is -2.38. The molecule has 3 N–H and O–H groups in total. The summed E-state index contributed by atoms with van der Waals surface area (Å²) >= 11 is 0. The normalized spacial score (nSPS) is 23.6. The van der Waals surface area contributed by atoms with Crippen LogP contribution in [0.5, 0.6) is 0 Å². The monoisotopic (exact) mass is 297 g/mol. The molecular weight excluding hydrogens is 274 g/mol. The van der Waals surface area contributed by atoms with Crippen LogP contribution in [0.2, 0.25) is 0 Å². The number of anilines is 1. The lowest BCUT2D eigenvalue weighted by molar-refractivity contribution is 0.297. The van der Waals surface area contributed by atoms with Crippen molar-refractivity contribution >= 4 is 15.7 Å². The van der Waals surface area contributed by atoms with Gasteiger partial charge in [-0.05, 0) is 43.7 Å². The highest BCUT2D eigenvalue weighted by Crippen LogP contribution is 2.28. The van der Waals surface area contributed by atoms with Crippen molar-refractivity contribution in [1.29, 1.82) is 0 Å². The Hall–Kier alpha value is -1.14. The molecule has 1 aliphatic carbocycles. The molecule has 112 valence electrons. The Morgan fingerprint density at radius 2 is 2.05 bits per heavy atom. The topological polar surface area (TPSA) is 85.1 Å². The average molecular weight is 297 g/mol. The maximum absolute atomic E-state index is 12.3. The van der Waals surface area contributed by atoms with Crippen molar-refractivity contribution in [2.45, 2.75) is 56.5 Å². The Kier molecular flexibility index (Phi) is 4.99. The fraction of sp³-hybridized carbons (Fsp3) is 0.643. The molecule has 20 heavy (non-hydrogen) atoms.